The zero-order chi connectivity index (χ0) is 13.5. The van der Waals surface area contributed by atoms with Gasteiger partial charge in [0.1, 0.15) is 22.8 Å². The summed E-state index contributed by atoms with van der Waals surface area (Å²) in [4.78, 5) is 0. The van der Waals surface area contributed by atoms with Crippen LogP contribution in [0.3, 0.4) is 0 Å². The molecule has 0 aliphatic carbocycles. The van der Waals surface area contributed by atoms with Gasteiger partial charge in [-0.1, -0.05) is 5.21 Å². The first-order valence-corrected chi connectivity index (χ1v) is 5.09. The van der Waals surface area contributed by atoms with E-state index in [1.54, 1.807) is 0 Å². The maximum Gasteiger partial charge on any atom is 0.154 e. The van der Waals surface area contributed by atoms with Crippen molar-refractivity contribution in [2.24, 2.45) is 0 Å². The summed E-state index contributed by atoms with van der Waals surface area (Å²) in [5.74, 6) is -3.21. The second-order valence-electron chi connectivity index (χ2n) is 4.33. The average molecular weight is 257 g/mol. The number of aliphatic hydroxyl groups is 1. The number of hydrogen-bond donors (Lipinski definition) is 1. The minimum Gasteiger partial charge on any atom is -0.384 e. The molecule has 0 saturated heterocycles. The average Bonchev–Trinajstić information content (AvgIpc) is 2.64. The van der Waals surface area contributed by atoms with Crippen molar-refractivity contribution in [3.63, 3.8) is 0 Å². The fourth-order valence-corrected chi connectivity index (χ4v) is 1.41. The summed E-state index contributed by atoms with van der Waals surface area (Å²) < 4.78 is 40.5. The number of rotatable bonds is 2. The van der Waals surface area contributed by atoms with E-state index < -0.39 is 28.7 Å². The minimum absolute atomic E-state index is 0.144. The third-order valence-corrected chi connectivity index (χ3v) is 2.33. The third kappa shape index (κ3) is 2.21. The highest BCUT2D eigenvalue weighted by atomic mass is 19.1. The van der Waals surface area contributed by atoms with Crippen molar-refractivity contribution in [3.05, 3.63) is 41.5 Å². The Kier molecular flexibility index (Phi) is 2.86. The van der Waals surface area contributed by atoms with Crippen LogP contribution in [0, 0.1) is 17.5 Å². The van der Waals surface area contributed by atoms with Crippen molar-refractivity contribution in [2.75, 3.05) is 0 Å². The van der Waals surface area contributed by atoms with E-state index in [4.69, 9.17) is 0 Å². The zero-order valence-electron chi connectivity index (χ0n) is 9.65. The molecule has 0 amide bonds. The van der Waals surface area contributed by atoms with Gasteiger partial charge >= 0.3 is 0 Å². The molecule has 1 aromatic carbocycles. The number of halogens is 3. The first-order valence-electron chi connectivity index (χ1n) is 5.09. The molecule has 0 aliphatic rings. The van der Waals surface area contributed by atoms with Gasteiger partial charge in [-0.05, 0) is 13.8 Å². The van der Waals surface area contributed by atoms with Crippen molar-refractivity contribution >= 4 is 0 Å². The fourth-order valence-electron chi connectivity index (χ4n) is 1.41. The molecule has 1 aromatic heterocycles. The molecular weight excluding hydrogens is 247 g/mol. The SMILES string of the molecule is CC(C)(O)c1cn(-c2c(F)cc(F)cc2F)nn1. The molecule has 7 heteroatoms. The van der Waals surface area contributed by atoms with Crippen molar-refractivity contribution in [1.29, 1.82) is 0 Å². The maximum absolute atomic E-state index is 13.5. The Balaban J connectivity index is 2.53. The predicted octanol–water partition coefficient (Wildman–Crippen LogP) is 1.91. The number of hydrogen-bond acceptors (Lipinski definition) is 3. The first kappa shape index (κ1) is 12.6. The van der Waals surface area contributed by atoms with Crippen LogP contribution in [0.5, 0.6) is 0 Å². The molecule has 0 bridgehead atoms. The Morgan fingerprint density at radius 2 is 1.72 bits per heavy atom. The fraction of sp³-hybridized carbons (Fsp3) is 0.273. The lowest BCUT2D eigenvalue weighted by Gasteiger charge is -2.11. The molecule has 0 radical (unpaired) electrons. The highest BCUT2D eigenvalue weighted by molar-refractivity contribution is 5.35. The Morgan fingerprint density at radius 3 is 2.17 bits per heavy atom. The largest absolute Gasteiger partial charge is 0.384 e. The molecule has 0 atom stereocenters. The van der Waals surface area contributed by atoms with E-state index in [1.165, 1.54) is 20.0 Å². The molecule has 0 saturated carbocycles. The maximum atomic E-state index is 13.5. The summed E-state index contributed by atoms with van der Waals surface area (Å²) in [6.45, 7) is 2.91. The minimum atomic E-state index is -1.29. The molecule has 1 N–H and O–H groups in total. The normalized spacial score (nSPS) is 11.9. The van der Waals surface area contributed by atoms with E-state index in [1.807, 2.05) is 0 Å². The van der Waals surface area contributed by atoms with Crippen LogP contribution < -0.4 is 0 Å². The van der Waals surface area contributed by atoms with E-state index in [2.05, 4.69) is 10.3 Å². The second kappa shape index (κ2) is 4.09. The highest BCUT2D eigenvalue weighted by Crippen LogP contribution is 2.21. The predicted molar refractivity (Wildman–Crippen MR) is 56.5 cm³/mol. The monoisotopic (exact) mass is 257 g/mol. The van der Waals surface area contributed by atoms with Gasteiger partial charge < -0.3 is 5.11 Å². The van der Waals surface area contributed by atoms with Crippen LogP contribution in [0.4, 0.5) is 13.2 Å². The first-order chi connectivity index (χ1) is 8.29. The van der Waals surface area contributed by atoms with Gasteiger partial charge in [-0.25, -0.2) is 17.9 Å². The Hall–Kier alpha value is -1.89. The lowest BCUT2D eigenvalue weighted by Crippen LogP contribution is -2.15. The summed E-state index contributed by atoms with van der Waals surface area (Å²) in [5.41, 5.74) is -1.68. The molecule has 4 nitrogen and oxygen atoms in total. The van der Waals surface area contributed by atoms with Gasteiger partial charge in [0.15, 0.2) is 11.6 Å². The van der Waals surface area contributed by atoms with E-state index in [9.17, 15) is 18.3 Å². The van der Waals surface area contributed by atoms with Crippen LogP contribution >= 0.6 is 0 Å². The summed E-state index contributed by atoms with van der Waals surface area (Å²) in [5, 5.41) is 16.8. The van der Waals surface area contributed by atoms with Crippen molar-refractivity contribution in [2.45, 2.75) is 19.4 Å². The lowest BCUT2D eigenvalue weighted by atomic mass is 10.1. The Bertz CT molecular complexity index is 566. The van der Waals surface area contributed by atoms with E-state index in [-0.39, 0.29) is 5.69 Å². The Morgan fingerprint density at radius 1 is 1.17 bits per heavy atom. The topological polar surface area (TPSA) is 50.9 Å². The van der Waals surface area contributed by atoms with Crippen LogP contribution in [0.25, 0.3) is 5.69 Å². The quantitative estimate of drug-likeness (QED) is 0.894. The third-order valence-electron chi connectivity index (χ3n) is 2.33. The van der Waals surface area contributed by atoms with E-state index in [0.717, 1.165) is 4.68 Å². The molecule has 0 spiro atoms. The number of benzene rings is 1. The van der Waals surface area contributed by atoms with Gasteiger partial charge in [0.2, 0.25) is 0 Å². The summed E-state index contributed by atoms with van der Waals surface area (Å²) in [6, 6.07) is 1.09. The van der Waals surface area contributed by atoms with Crippen LogP contribution in [-0.4, -0.2) is 20.1 Å². The van der Waals surface area contributed by atoms with Crippen LogP contribution in [-0.2, 0) is 5.60 Å². The van der Waals surface area contributed by atoms with E-state index in [0.29, 0.717) is 12.1 Å². The van der Waals surface area contributed by atoms with Crippen molar-refractivity contribution in [1.82, 2.24) is 15.0 Å². The second-order valence-corrected chi connectivity index (χ2v) is 4.33. The van der Waals surface area contributed by atoms with Crippen LogP contribution in [0.2, 0.25) is 0 Å². The molecule has 2 aromatic rings. The van der Waals surface area contributed by atoms with Gasteiger partial charge in [-0.2, -0.15) is 0 Å². The standard InChI is InChI=1S/C11H10F3N3O/c1-11(2,18)9-5-17(16-15-9)10-7(13)3-6(12)4-8(10)14/h3-5,18H,1-2H3. The highest BCUT2D eigenvalue weighted by Gasteiger charge is 2.22. The van der Waals surface area contributed by atoms with E-state index >= 15 is 0 Å². The van der Waals surface area contributed by atoms with Crippen LogP contribution in [0.15, 0.2) is 18.3 Å². The van der Waals surface area contributed by atoms with Gasteiger partial charge in [-0.3, -0.25) is 0 Å². The summed E-state index contributed by atoms with van der Waals surface area (Å²) in [7, 11) is 0. The van der Waals surface area contributed by atoms with Crippen LogP contribution in [0.1, 0.15) is 19.5 Å². The Labute approximate surface area is 101 Å². The van der Waals surface area contributed by atoms with Gasteiger partial charge in [0.25, 0.3) is 0 Å². The number of aromatic nitrogens is 3. The molecule has 0 aliphatic heterocycles. The van der Waals surface area contributed by atoms with Crippen molar-refractivity contribution in [3.8, 4) is 5.69 Å². The van der Waals surface area contributed by atoms with Gasteiger partial charge in [-0.15, -0.1) is 5.10 Å². The smallest absolute Gasteiger partial charge is 0.154 e. The molecule has 1 heterocycles. The molecule has 0 fully saturated rings. The molecule has 0 unspecified atom stereocenters. The number of nitrogens with zero attached hydrogens (tertiary/aromatic N) is 3. The molecular formula is C11H10F3N3O. The van der Waals surface area contributed by atoms with Crippen molar-refractivity contribution < 1.29 is 18.3 Å². The zero-order valence-corrected chi connectivity index (χ0v) is 9.65. The molecule has 2 rings (SSSR count). The van der Waals surface area contributed by atoms with Gasteiger partial charge in [0, 0.05) is 12.1 Å². The summed E-state index contributed by atoms with van der Waals surface area (Å²) >= 11 is 0. The van der Waals surface area contributed by atoms with Gasteiger partial charge in [0.05, 0.1) is 6.20 Å². The molecule has 96 valence electrons. The molecule has 18 heavy (non-hydrogen) atoms. The lowest BCUT2D eigenvalue weighted by molar-refractivity contribution is 0.0737. The summed E-state index contributed by atoms with van der Waals surface area (Å²) in [6.07, 6.45) is 1.18.